The third-order valence-electron chi connectivity index (χ3n) is 2.35. The number of hydrogen-bond acceptors (Lipinski definition) is 8. The lowest BCUT2D eigenvalue weighted by atomic mass is 10.2. The molecule has 0 radical (unpaired) electrons. The van der Waals surface area contributed by atoms with Gasteiger partial charge in [-0.2, -0.15) is 4.37 Å². The topological polar surface area (TPSA) is 89.6 Å². The zero-order valence-electron chi connectivity index (χ0n) is 10.2. The van der Waals surface area contributed by atoms with E-state index in [-0.39, 0.29) is 0 Å². The van der Waals surface area contributed by atoms with E-state index in [0.29, 0.717) is 5.82 Å². The first-order valence-electron chi connectivity index (χ1n) is 5.59. The van der Waals surface area contributed by atoms with Crippen molar-refractivity contribution in [2.45, 2.75) is 36.1 Å². The second kappa shape index (κ2) is 6.07. The first-order valence-corrected chi connectivity index (χ1v) is 7.18. The van der Waals surface area contributed by atoms with Gasteiger partial charge in [-0.1, -0.05) is 13.8 Å². The predicted molar refractivity (Wildman–Crippen MR) is 72.6 cm³/mol. The quantitative estimate of drug-likeness (QED) is 0.491. The number of nitrogen functional groups attached to an aromatic ring is 1. The average molecular weight is 282 g/mol. The van der Waals surface area contributed by atoms with Gasteiger partial charge in [-0.3, -0.25) is 0 Å². The normalized spacial score (nSPS) is 10.6. The fraction of sp³-hybridized carbons (Fsp3) is 0.400. The lowest BCUT2D eigenvalue weighted by Crippen LogP contribution is -2.12. The number of anilines is 1. The third kappa shape index (κ3) is 2.77. The molecule has 0 bridgehead atoms. The number of nitrogens with zero attached hydrogens (tertiary/aromatic N) is 4. The monoisotopic (exact) mass is 282 g/mol. The number of aryl methyl sites for hydroxylation is 1. The van der Waals surface area contributed by atoms with Crippen molar-refractivity contribution in [3.8, 4) is 0 Å². The Morgan fingerprint density at radius 3 is 2.78 bits per heavy atom. The molecule has 0 amide bonds. The number of hydrogen-bond donors (Lipinski definition) is 2. The Morgan fingerprint density at radius 1 is 1.33 bits per heavy atom. The summed E-state index contributed by atoms with van der Waals surface area (Å²) < 4.78 is 5.15. The highest BCUT2D eigenvalue weighted by Crippen LogP contribution is 2.32. The van der Waals surface area contributed by atoms with E-state index in [1.165, 1.54) is 29.6 Å². The van der Waals surface area contributed by atoms with Crippen molar-refractivity contribution in [2.24, 2.45) is 5.84 Å². The minimum absolute atomic E-state index is 0.662. The van der Waals surface area contributed by atoms with Crippen molar-refractivity contribution in [3.63, 3.8) is 0 Å². The molecule has 8 heteroatoms. The summed E-state index contributed by atoms with van der Waals surface area (Å²) in [6.45, 7) is 4.08. The Balaban J connectivity index is 2.28. The molecule has 2 aromatic rings. The summed E-state index contributed by atoms with van der Waals surface area (Å²) in [4.78, 5) is 12.8. The van der Waals surface area contributed by atoms with Gasteiger partial charge in [0.2, 0.25) is 0 Å². The van der Waals surface area contributed by atoms with Gasteiger partial charge in [0.25, 0.3) is 0 Å². The van der Waals surface area contributed by atoms with E-state index in [4.69, 9.17) is 5.84 Å². The molecule has 0 unspecified atom stereocenters. The minimum atomic E-state index is 0.662. The first-order chi connectivity index (χ1) is 8.78. The smallest absolute Gasteiger partial charge is 0.176 e. The lowest BCUT2D eigenvalue weighted by molar-refractivity contribution is 0.935. The van der Waals surface area contributed by atoms with E-state index in [9.17, 15) is 0 Å². The van der Waals surface area contributed by atoms with Crippen LogP contribution in [0.4, 0.5) is 5.82 Å². The molecule has 0 saturated heterocycles. The molecule has 2 aromatic heterocycles. The summed E-state index contributed by atoms with van der Waals surface area (Å²) in [7, 11) is 0. The Bertz CT molecular complexity index is 527. The van der Waals surface area contributed by atoms with Crippen LogP contribution in [0.1, 0.15) is 25.2 Å². The summed E-state index contributed by atoms with van der Waals surface area (Å²) in [5, 5.41) is 0.874. The molecule has 2 heterocycles. The molecule has 0 atom stereocenters. The second-order valence-corrected chi connectivity index (χ2v) is 5.42. The molecule has 0 spiro atoms. The molecule has 6 nitrogen and oxygen atoms in total. The van der Waals surface area contributed by atoms with Crippen molar-refractivity contribution < 1.29 is 0 Å². The van der Waals surface area contributed by atoms with Gasteiger partial charge in [0.1, 0.15) is 23.0 Å². The molecule has 2 rings (SSSR count). The van der Waals surface area contributed by atoms with Gasteiger partial charge >= 0.3 is 0 Å². The molecule has 0 aromatic carbocycles. The number of rotatable bonds is 5. The molecule has 0 aliphatic carbocycles. The van der Waals surface area contributed by atoms with Gasteiger partial charge in [0.05, 0.1) is 0 Å². The molecule has 96 valence electrons. The fourth-order valence-electron chi connectivity index (χ4n) is 1.43. The highest BCUT2D eigenvalue weighted by Gasteiger charge is 2.12. The molecule has 0 aliphatic heterocycles. The highest BCUT2D eigenvalue weighted by molar-refractivity contribution is 8.00. The number of nitrogens with two attached hydrogens (primary N) is 1. The minimum Gasteiger partial charge on any atom is -0.308 e. The van der Waals surface area contributed by atoms with Gasteiger partial charge in [-0.15, -0.1) is 0 Å². The van der Waals surface area contributed by atoms with Gasteiger partial charge in [0, 0.05) is 12.0 Å². The Morgan fingerprint density at radius 2 is 2.17 bits per heavy atom. The Labute approximate surface area is 114 Å². The van der Waals surface area contributed by atoms with Crippen LogP contribution >= 0.6 is 23.3 Å². The second-order valence-electron chi connectivity index (χ2n) is 3.44. The van der Waals surface area contributed by atoms with Crippen molar-refractivity contribution in [3.05, 3.63) is 17.7 Å². The van der Waals surface area contributed by atoms with E-state index in [2.05, 4.69) is 24.8 Å². The number of hydrazine groups is 1. The summed E-state index contributed by atoms with van der Waals surface area (Å²) in [5.41, 5.74) is 3.59. The van der Waals surface area contributed by atoms with Crippen LogP contribution in [-0.2, 0) is 12.8 Å². The highest BCUT2D eigenvalue weighted by atomic mass is 32.2. The van der Waals surface area contributed by atoms with Crippen LogP contribution in [0.25, 0.3) is 0 Å². The van der Waals surface area contributed by atoms with E-state index in [0.717, 1.165) is 33.6 Å². The van der Waals surface area contributed by atoms with Crippen molar-refractivity contribution >= 4 is 29.1 Å². The standard InChI is InChI=1S/C10H14N6S2/c1-3-6-8(15-11)12-5-13-9(6)17-10-14-7(4-2)16-18-10/h5H,3-4,11H2,1-2H3,(H,12,13,15). The van der Waals surface area contributed by atoms with Crippen molar-refractivity contribution in [1.82, 2.24) is 19.3 Å². The maximum Gasteiger partial charge on any atom is 0.176 e. The molecule has 3 N–H and O–H groups in total. The molecule has 0 saturated carbocycles. The van der Waals surface area contributed by atoms with Crippen LogP contribution in [0, 0.1) is 0 Å². The van der Waals surface area contributed by atoms with Crippen LogP contribution in [0.2, 0.25) is 0 Å². The van der Waals surface area contributed by atoms with Gasteiger partial charge in [-0.05, 0) is 29.7 Å². The Hall–Kier alpha value is -1.25. The molecule has 18 heavy (non-hydrogen) atoms. The van der Waals surface area contributed by atoms with Crippen LogP contribution in [0.15, 0.2) is 15.7 Å². The zero-order chi connectivity index (χ0) is 13.0. The van der Waals surface area contributed by atoms with Crippen LogP contribution in [-0.4, -0.2) is 19.3 Å². The number of nitrogens with one attached hydrogen (secondary N) is 1. The lowest BCUT2D eigenvalue weighted by Gasteiger charge is -2.08. The van der Waals surface area contributed by atoms with E-state index in [1.807, 2.05) is 13.8 Å². The molecule has 0 aliphatic rings. The van der Waals surface area contributed by atoms with Crippen LogP contribution in [0.5, 0.6) is 0 Å². The number of aromatic nitrogens is 4. The van der Waals surface area contributed by atoms with Gasteiger partial charge in [-0.25, -0.2) is 20.8 Å². The fourth-order valence-corrected chi connectivity index (χ4v) is 3.21. The van der Waals surface area contributed by atoms with Gasteiger partial charge in [0.15, 0.2) is 4.34 Å². The molecular weight excluding hydrogens is 268 g/mol. The van der Waals surface area contributed by atoms with Crippen molar-refractivity contribution in [1.29, 1.82) is 0 Å². The summed E-state index contributed by atoms with van der Waals surface area (Å²) in [6.07, 6.45) is 3.15. The summed E-state index contributed by atoms with van der Waals surface area (Å²) in [6, 6.07) is 0. The van der Waals surface area contributed by atoms with E-state index in [1.54, 1.807) is 0 Å². The largest absolute Gasteiger partial charge is 0.308 e. The van der Waals surface area contributed by atoms with Crippen molar-refractivity contribution in [2.75, 3.05) is 5.43 Å². The van der Waals surface area contributed by atoms with Gasteiger partial charge < -0.3 is 5.43 Å². The van der Waals surface area contributed by atoms with E-state index < -0.39 is 0 Å². The SMILES string of the molecule is CCc1nsc(Sc2ncnc(NN)c2CC)n1. The van der Waals surface area contributed by atoms with Crippen LogP contribution < -0.4 is 11.3 Å². The Kier molecular flexibility index (Phi) is 4.45. The predicted octanol–water partition coefficient (Wildman–Crippen LogP) is 1.89. The van der Waals surface area contributed by atoms with E-state index >= 15 is 0 Å². The maximum absolute atomic E-state index is 5.44. The molecular formula is C10H14N6S2. The average Bonchev–Trinajstić information content (AvgIpc) is 2.86. The first kappa shape index (κ1) is 13.2. The molecule has 0 fully saturated rings. The zero-order valence-corrected chi connectivity index (χ0v) is 11.8. The maximum atomic E-state index is 5.44. The summed E-state index contributed by atoms with van der Waals surface area (Å²) in [5.74, 6) is 6.97. The third-order valence-corrected chi connectivity index (χ3v) is 4.18. The summed E-state index contributed by atoms with van der Waals surface area (Å²) >= 11 is 2.89. The van der Waals surface area contributed by atoms with Crippen LogP contribution in [0.3, 0.4) is 0 Å².